The molecule has 0 bridgehead atoms. The molecule has 4 saturated heterocycles. The first-order valence-corrected chi connectivity index (χ1v) is 27.7. The van der Waals surface area contributed by atoms with Gasteiger partial charge in [-0.2, -0.15) is 0 Å². The maximum absolute atomic E-state index is 14.8. The highest BCUT2D eigenvalue weighted by molar-refractivity contribution is 5.79. The third-order valence-electron chi connectivity index (χ3n) is 21.4. The number of carbonyl (C=O) groups is 1. The molecule has 0 aromatic heterocycles. The van der Waals surface area contributed by atoms with Crippen molar-refractivity contribution < 1.29 is 109 Å². The van der Waals surface area contributed by atoms with Crippen molar-refractivity contribution in [1.82, 2.24) is 0 Å². The predicted octanol–water partition coefficient (Wildman–Crippen LogP) is -1.01. The summed E-state index contributed by atoms with van der Waals surface area (Å²) in [4.78, 5) is 14.8. The molecule has 28 atom stereocenters. The average molecular weight is 1090 g/mol. The van der Waals surface area contributed by atoms with Crippen molar-refractivity contribution in [1.29, 1.82) is 0 Å². The van der Waals surface area contributed by atoms with E-state index < -0.39 is 166 Å². The molecule has 436 valence electrons. The molecule has 4 heterocycles. The number of hydrogen-bond acceptors (Lipinski definition) is 22. The van der Waals surface area contributed by atoms with Gasteiger partial charge in [-0.25, -0.2) is 0 Å². The molecule has 0 radical (unpaired) electrons. The Kier molecular flexibility index (Phi) is 16.6. The first-order valence-electron chi connectivity index (χ1n) is 27.7. The van der Waals surface area contributed by atoms with Crippen LogP contribution in [0.2, 0.25) is 0 Å². The highest BCUT2D eigenvalue weighted by Gasteiger charge is 2.70. The van der Waals surface area contributed by atoms with Gasteiger partial charge in [0.2, 0.25) is 6.29 Å². The number of aliphatic hydroxyl groups is 13. The lowest BCUT2D eigenvalue weighted by atomic mass is 9.33. The van der Waals surface area contributed by atoms with Gasteiger partial charge in [-0.15, -0.1) is 0 Å². The van der Waals surface area contributed by atoms with Gasteiger partial charge >= 0.3 is 5.97 Å². The molecular formula is C54H88O22. The summed E-state index contributed by atoms with van der Waals surface area (Å²) in [6.07, 6.45) is -22.3. The van der Waals surface area contributed by atoms with Crippen LogP contribution in [-0.4, -0.2) is 221 Å². The summed E-state index contributed by atoms with van der Waals surface area (Å²) in [7, 11) is 0. The van der Waals surface area contributed by atoms with Crippen LogP contribution in [0, 0.1) is 50.2 Å². The fourth-order valence-corrected chi connectivity index (χ4v) is 16.4. The van der Waals surface area contributed by atoms with Gasteiger partial charge in [0, 0.05) is 0 Å². The molecule has 8 fully saturated rings. The Balaban J connectivity index is 0.964. The highest BCUT2D eigenvalue weighted by Crippen LogP contribution is 2.76. The van der Waals surface area contributed by atoms with Gasteiger partial charge in [0.15, 0.2) is 18.9 Å². The monoisotopic (exact) mass is 1090 g/mol. The number of allylic oxidation sites excluding steroid dienone is 2. The first-order chi connectivity index (χ1) is 35.5. The summed E-state index contributed by atoms with van der Waals surface area (Å²) in [6.45, 7) is 15.5. The van der Waals surface area contributed by atoms with Crippen LogP contribution >= 0.6 is 0 Å². The van der Waals surface area contributed by atoms with Crippen molar-refractivity contribution in [3.8, 4) is 0 Å². The average Bonchev–Trinajstić information content (AvgIpc) is 3.56. The van der Waals surface area contributed by atoms with Crippen LogP contribution in [0.15, 0.2) is 11.6 Å². The standard InChI is InChI=1S/C54H88O22/c1-23-32(57)36(61)41(66)45(70-23)75-43-39(64)35(60)28(22-69-44-40(65)37(62)33(58)26(20-55)71-44)73-47(43)74-31-12-13-51(6)29(50(31,4)5)11-14-53(8)30(51)10-9-24-25-19-49(2,3)15-17-54(25,18-16-52(24,53)7)48(68)76-46-42(67)38(63)34(59)27(21-56)72-46/h9,23,25-47,55-67H,10-22H2,1-8H3. The summed E-state index contributed by atoms with van der Waals surface area (Å²) in [6, 6.07) is 0. The highest BCUT2D eigenvalue weighted by atomic mass is 16.8. The van der Waals surface area contributed by atoms with Crippen molar-refractivity contribution in [2.24, 2.45) is 50.2 Å². The summed E-state index contributed by atoms with van der Waals surface area (Å²) < 4.78 is 48.3. The molecule has 9 rings (SSSR count). The number of ether oxygens (including phenoxy) is 8. The van der Waals surface area contributed by atoms with Crippen molar-refractivity contribution in [3.05, 3.63) is 11.6 Å². The molecule has 0 aromatic rings. The largest absolute Gasteiger partial charge is 0.432 e. The van der Waals surface area contributed by atoms with E-state index in [0.29, 0.717) is 25.7 Å². The molecule has 5 aliphatic carbocycles. The van der Waals surface area contributed by atoms with E-state index in [1.807, 2.05) is 0 Å². The van der Waals surface area contributed by atoms with E-state index in [2.05, 4.69) is 54.5 Å². The van der Waals surface area contributed by atoms with E-state index in [0.717, 1.165) is 38.5 Å². The smallest absolute Gasteiger partial charge is 0.315 e. The second-order valence-corrected chi connectivity index (χ2v) is 26.3. The van der Waals surface area contributed by atoms with Crippen LogP contribution in [0.25, 0.3) is 0 Å². The van der Waals surface area contributed by atoms with Crippen molar-refractivity contribution in [2.75, 3.05) is 19.8 Å². The lowest BCUT2D eigenvalue weighted by Gasteiger charge is -2.71. The van der Waals surface area contributed by atoms with Gasteiger partial charge in [-0.05, 0) is 116 Å². The van der Waals surface area contributed by atoms with Crippen LogP contribution in [-0.2, 0) is 42.7 Å². The summed E-state index contributed by atoms with van der Waals surface area (Å²) in [5, 5.41) is 138. The number of rotatable bonds is 11. The van der Waals surface area contributed by atoms with Crippen LogP contribution in [0.4, 0.5) is 0 Å². The summed E-state index contributed by atoms with van der Waals surface area (Å²) in [5.41, 5.74) is -1.08. The second-order valence-electron chi connectivity index (χ2n) is 26.3. The van der Waals surface area contributed by atoms with E-state index in [9.17, 15) is 71.2 Å². The Hall–Kier alpha value is -1.59. The van der Waals surface area contributed by atoms with Gasteiger partial charge in [0.1, 0.15) is 91.6 Å². The zero-order valence-corrected chi connectivity index (χ0v) is 45.1. The lowest BCUT2D eigenvalue weighted by molar-refractivity contribution is -0.381. The van der Waals surface area contributed by atoms with Crippen molar-refractivity contribution >= 4 is 5.97 Å². The Labute approximate surface area is 444 Å². The molecular weight excluding hydrogens is 1000 g/mol. The van der Waals surface area contributed by atoms with Crippen molar-refractivity contribution in [2.45, 2.75) is 249 Å². The van der Waals surface area contributed by atoms with Crippen LogP contribution in [0.3, 0.4) is 0 Å². The second kappa shape index (κ2) is 21.3. The number of carbonyl (C=O) groups excluding carboxylic acids is 1. The molecule has 4 saturated carbocycles. The molecule has 0 spiro atoms. The van der Waals surface area contributed by atoms with Crippen LogP contribution in [0.1, 0.15) is 120 Å². The molecule has 0 amide bonds. The van der Waals surface area contributed by atoms with Crippen molar-refractivity contribution in [3.63, 3.8) is 0 Å². The van der Waals surface area contributed by atoms with Crippen LogP contribution < -0.4 is 0 Å². The predicted molar refractivity (Wildman–Crippen MR) is 261 cm³/mol. The lowest BCUT2D eigenvalue weighted by Crippen LogP contribution is -2.67. The van der Waals surface area contributed by atoms with Gasteiger partial charge in [-0.3, -0.25) is 4.79 Å². The molecule has 0 aromatic carbocycles. The van der Waals surface area contributed by atoms with Gasteiger partial charge in [0.05, 0.1) is 37.4 Å². The minimum Gasteiger partial charge on any atom is -0.432 e. The molecule has 22 nitrogen and oxygen atoms in total. The molecule has 76 heavy (non-hydrogen) atoms. The van der Waals surface area contributed by atoms with Gasteiger partial charge in [-0.1, -0.05) is 60.1 Å². The molecule has 13 N–H and O–H groups in total. The quantitative estimate of drug-likeness (QED) is 0.0670. The SMILES string of the molecule is CC1OC(OC2C(OC3CCC4(C)C(CCC5(C)C4CC=C4C6CC(C)(C)CCC6(C(=O)OC6OC(CO)C(O)C(O)C6O)CCC45C)C3(C)C)OC(COC3OC(CO)C(O)C(O)C3O)C(O)C2O)C(O)C(O)C1O. The van der Waals surface area contributed by atoms with Gasteiger partial charge < -0.3 is 104 Å². The number of fused-ring (bicyclic) bond motifs is 7. The van der Waals surface area contributed by atoms with E-state index in [4.69, 9.17) is 37.9 Å². The fourth-order valence-electron chi connectivity index (χ4n) is 16.4. The zero-order valence-electron chi connectivity index (χ0n) is 45.1. The van der Waals surface area contributed by atoms with Crippen LogP contribution in [0.5, 0.6) is 0 Å². The maximum Gasteiger partial charge on any atom is 0.315 e. The maximum atomic E-state index is 14.8. The number of esters is 1. The van der Waals surface area contributed by atoms with E-state index in [1.54, 1.807) is 0 Å². The third-order valence-corrected chi connectivity index (χ3v) is 21.4. The minimum atomic E-state index is -1.79. The Morgan fingerprint density at radius 2 is 1.14 bits per heavy atom. The number of hydrogen-bond donors (Lipinski definition) is 13. The molecule has 22 heteroatoms. The molecule has 28 unspecified atom stereocenters. The minimum absolute atomic E-state index is 0.0879. The molecule has 9 aliphatic rings. The normalized spacial score (nSPS) is 54.0. The molecule has 4 aliphatic heterocycles. The van der Waals surface area contributed by atoms with E-state index >= 15 is 0 Å². The first kappa shape index (κ1) is 59.0. The topological polar surface area (TPSA) is 354 Å². The Morgan fingerprint density at radius 1 is 0.579 bits per heavy atom. The Morgan fingerprint density at radius 3 is 1.79 bits per heavy atom. The third kappa shape index (κ3) is 9.57. The number of aliphatic hydroxyl groups excluding tert-OH is 13. The summed E-state index contributed by atoms with van der Waals surface area (Å²) in [5.74, 6) is -0.403. The zero-order chi connectivity index (χ0) is 55.6. The van der Waals surface area contributed by atoms with E-state index in [1.165, 1.54) is 12.5 Å². The van der Waals surface area contributed by atoms with Gasteiger partial charge in [0.25, 0.3) is 0 Å². The van der Waals surface area contributed by atoms with E-state index in [-0.39, 0.29) is 39.4 Å². The summed E-state index contributed by atoms with van der Waals surface area (Å²) >= 11 is 0. The fraction of sp³-hybridized carbons (Fsp3) is 0.944. The Bertz CT molecular complexity index is 2090.